The van der Waals surface area contributed by atoms with E-state index in [1.807, 2.05) is 6.92 Å². The normalized spacial score (nSPS) is 11.7. The van der Waals surface area contributed by atoms with Gasteiger partial charge in [0.25, 0.3) is 0 Å². The number of hydrogen-bond acceptors (Lipinski definition) is 4. The molecule has 0 amide bonds. The van der Waals surface area contributed by atoms with Crippen LogP contribution in [0.1, 0.15) is 16.8 Å². The summed E-state index contributed by atoms with van der Waals surface area (Å²) in [6.45, 7) is 2.04. The number of oxime groups is 1. The number of nitrogens with zero attached hydrogens (tertiary/aromatic N) is 3. The van der Waals surface area contributed by atoms with Crippen LogP contribution in [0.5, 0.6) is 5.75 Å². The van der Waals surface area contributed by atoms with Crippen LogP contribution in [0, 0.1) is 6.92 Å². The minimum absolute atomic E-state index is 0.0596. The summed E-state index contributed by atoms with van der Waals surface area (Å²) in [5.41, 5.74) is 7.60. The highest BCUT2D eigenvalue weighted by molar-refractivity contribution is 6.31. The van der Waals surface area contributed by atoms with Crippen molar-refractivity contribution in [2.24, 2.45) is 17.9 Å². The van der Waals surface area contributed by atoms with Crippen LogP contribution in [-0.2, 0) is 13.7 Å². The van der Waals surface area contributed by atoms with Crippen LogP contribution in [0.3, 0.4) is 0 Å². The Bertz CT molecular complexity index is 698. The fourth-order valence-electron chi connectivity index (χ4n) is 1.87. The molecule has 1 aromatic carbocycles. The third-order valence-electron chi connectivity index (χ3n) is 2.97. The Hall–Kier alpha value is -1.92. The zero-order chi connectivity index (χ0) is 15.6. The average molecular weight is 329 g/mol. The van der Waals surface area contributed by atoms with Crippen molar-refractivity contribution < 1.29 is 9.94 Å². The highest BCUT2D eigenvalue weighted by Gasteiger charge is 2.14. The van der Waals surface area contributed by atoms with Gasteiger partial charge in [0.1, 0.15) is 17.5 Å². The fourth-order valence-corrected chi connectivity index (χ4v) is 2.26. The fraction of sp³-hybridized carbons (Fsp3) is 0.231. The lowest BCUT2D eigenvalue weighted by molar-refractivity contribution is 0.302. The predicted molar refractivity (Wildman–Crippen MR) is 81.2 cm³/mol. The van der Waals surface area contributed by atoms with Gasteiger partial charge in [0.2, 0.25) is 0 Å². The first-order valence-corrected chi connectivity index (χ1v) is 6.77. The van der Waals surface area contributed by atoms with Gasteiger partial charge in [-0.3, -0.25) is 4.68 Å². The van der Waals surface area contributed by atoms with Crippen molar-refractivity contribution >= 4 is 29.0 Å². The molecule has 0 fully saturated rings. The number of rotatable bonds is 4. The van der Waals surface area contributed by atoms with E-state index in [9.17, 15) is 0 Å². The van der Waals surface area contributed by atoms with Gasteiger partial charge in [-0.2, -0.15) is 5.10 Å². The summed E-state index contributed by atoms with van der Waals surface area (Å²) in [6.07, 6.45) is 0. The second kappa shape index (κ2) is 6.24. The van der Waals surface area contributed by atoms with Crippen LogP contribution in [0.4, 0.5) is 0 Å². The third-order valence-corrected chi connectivity index (χ3v) is 3.68. The molecule has 112 valence electrons. The zero-order valence-corrected chi connectivity index (χ0v) is 13.0. The molecule has 0 radical (unpaired) electrons. The highest BCUT2D eigenvalue weighted by Crippen LogP contribution is 2.26. The molecule has 0 saturated heterocycles. The second-order valence-electron chi connectivity index (χ2n) is 4.39. The van der Waals surface area contributed by atoms with E-state index in [2.05, 4.69) is 10.3 Å². The van der Waals surface area contributed by atoms with Gasteiger partial charge in [0.15, 0.2) is 5.84 Å². The summed E-state index contributed by atoms with van der Waals surface area (Å²) in [4.78, 5) is 0. The molecule has 1 aromatic heterocycles. The number of nitrogens with two attached hydrogens (primary N) is 1. The first kappa shape index (κ1) is 15.5. The number of halogens is 2. The standard InChI is InChI=1S/C13H14Cl2N4O2/c1-7-10(12(15)19(2)17-7)6-21-11-5-8(14)3-4-9(11)13(16)18-20/h3-5,20H,6H2,1-2H3,(H2,16,18). The number of ether oxygens (including phenoxy) is 1. The first-order chi connectivity index (χ1) is 9.93. The van der Waals surface area contributed by atoms with Crippen molar-refractivity contribution in [2.75, 3.05) is 0 Å². The van der Waals surface area contributed by atoms with Crippen molar-refractivity contribution in [2.45, 2.75) is 13.5 Å². The Kier molecular flexibility index (Phi) is 4.59. The molecule has 21 heavy (non-hydrogen) atoms. The summed E-state index contributed by atoms with van der Waals surface area (Å²) in [7, 11) is 1.75. The summed E-state index contributed by atoms with van der Waals surface area (Å²) in [5.74, 6) is 0.341. The van der Waals surface area contributed by atoms with E-state index >= 15 is 0 Å². The molecular formula is C13H14Cl2N4O2. The molecule has 2 aromatic rings. The lowest BCUT2D eigenvalue weighted by Gasteiger charge is -2.11. The van der Waals surface area contributed by atoms with E-state index in [1.54, 1.807) is 29.9 Å². The van der Waals surface area contributed by atoms with Crippen molar-refractivity contribution in [1.82, 2.24) is 9.78 Å². The van der Waals surface area contributed by atoms with Gasteiger partial charge in [-0.15, -0.1) is 0 Å². The average Bonchev–Trinajstić information content (AvgIpc) is 2.69. The number of aryl methyl sites for hydroxylation is 2. The van der Waals surface area contributed by atoms with Crippen LogP contribution in [-0.4, -0.2) is 20.8 Å². The Labute approximate surface area is 131 Å². The molecule has 0 unspecified atom stereocenters. The van der Waals surface area contributed by atoms with E-state index in [4.69, 9.17) is 38.9 Å². The topological polar surface area (TPSA) is 85.7 Å². The molecule has 0 saturated carbocycles. The minimum atomic E-state index is -0.0596. The molecule has 1 heterocycles. The Morgan fingerprint density at radius 3 is 2.76 bits per heavy atom. The van der Waals surface area contributed by atoms with Crippen molar-refractivity contribution in [3.05, 3.63) is 45.2 Å². The van der Waals surface area contributed by atoms with Crippen molar-refractivity contribution in [1.29, 1.82) is 0 Å². The summed E-state index contributed by atoms with van der Waals surface area (Å²) >= 11 is 12.1. The number of hydrogen-bond donors (Lipinski definition) is 2. The SMILES string of the molecule is Cc1nn(C)c(Cl)c1COc1cc(Cl)ccc1/C(N)=N/O. The molecule has 0 bridgehead atoms. The van der Waals surface area contributed by atoms with E-state index in [0.717, 1.165) is 11.3 Å². The molecular weight excluding hydrogens is 315 g/mol. The van der Waals surface area contributed by atoms with E-state index in [1.165, 1.54) is 0 Å². The minimum Gasteiger partial charge on any atom is -0.488 e. The summed E-state index contributed by atoms with van der Waals surface area (Å²) in [6, 6.07) is 4.84. The van der Waals surface area contributed by atoms with Crippen molar-refractivity contribution in [3.63, 3.8) is 0 Å². The van der Waals surface area contributed by atoms with Gasteiger partial charge in [-0.25, -0.2) is 0 Å². The molecule has 6 nitrogen and oxygen atoms in total. The lowest BCUT2D eigenvalue weighted by Crippen LogP contribution is -2.15. The van der Waals surface area contributed by atoms with Gasteiger partial charge in [0.05, 0.1) is 11.3 Å². The van der Waals surface area contributed by atoms with Crippen LogP contribution >= 0.6 is 23.2 Å². The highest BCUT2D eigenvalue weighted by atomic mass is 35.5. The van der Waals surface area contributed by atoms with Crippen LogP contribution in [0.25, 0.3) is 0 Å². The molecule has 3 N–H and O–H groups in total. The van der Waals surface area contributed by atoms with Crippen LogP contribution in [0.2, 0.25) is 10.2 Å². The monoisotopic (exact) mass is 328 g/mol. The maximum Gasteiger partial charge on any atom is 0.173 e. The smallest absolute Gasteiger partial charge is 0.173 e. The quantitative estimate of drug-likeness (QED) is 0.391. The van der Waals surface area contributed by atoms with Gasteiger partial charge in [0, 0.05) is 17.6 Å². The Morgan fingerprint density at radius 1 is 1.48 bits per heavy atom. The number of benzene rings is 1. The van der Waals surface area contributed by atoms with Gasteiger partial charge < -0.3 is 15.7 Å². The number of aromatic nitrogens is 2. The second-order valence-corrected chi connectivity index (χ2v) is 5.19. The molecule has 2 rings (SSSR count). The molecule has 8 heteroatoms. The maximum absolute atomic E-state index is 8.80. The van der Waals surface area contributed by atoms with Gasteiger partial charge in [-0.05, 0) is 25.1 Å². The van der Waals surface area contributed by atoms with E-state index < -0.39 is 0 Å². The number of amidine groups is 1. The summed E-state index contributed by atoms with van der Waals surface area (Å²) in [5, 5.41) is 17.0. The van der Waals surface area contributed by atoms with Gasteiger partial charge in [-0.1, -0.05) is 28.4 Å². The third kappa shape index (κ3) is 3.22. The molecule has 0 aliphatic heterocycles. The molecule has 0 atom stereocenters. The van der Waals surface area contributed by atoms with Crippen LogP contribution in [0.15, 0.2) is 23.4 Å². The lowest BCUT2D eigenvalue weighted by atomic mass is 10.2. The molecule has 0 aliphatic carbocycles. The van der Waals surface area contributed by atoms with E-state index in [-0.39, 0.29) is 12.4 Å². The van der Waals surface area contributed by atoms with Gasteiger partial charge >= 0.3 is 0 Å². The predicted octanol–water partition coefficient (Wildman–Crippen LogP) is 2.71. The van der Waals surface area contributed by atoms with E-state index in [0.29, 0.717) is 21.5 Å². The van der Waals surface area contributed by atoms with Crippen LogP contribution < -0.4 is 10.5 Å². The molecule has 0 spiro atoms. The first-order valence-electron chi connectivity index (χ1n) is 6.02. The molecule has 0 aliphatic rings. The summed E-state index contributed by atoms with van der Waals surface area (Å²) < 4.78 is 7.28. The Morgan fingerprint density at radius 2 is 2.19 bits per heavy atom. The van der Waals surface area contributed by atoms with Crippen molar-refractivity contribution in [3.8, 4) is 5.75 Å². The Balaban J connectivity index is 2.29. The zero-order valence-electron chi connectivity index (χ0n) is 11.5. The largest absolute Gasteiger partial charge is 0.488 e. The maximum atomic E-state index is 8.80.